The summed E-state index contributed by atoms with van der Waals surface area (Å²) in [6, 6.07) is 57.2. The molecule has 3 heterocycles. The molecule has 2 aromatic heterocycles. The Bertz CT molecular complexity index is 2990. The van der Waals surface area contributed by atoms with Gasteiger partial charge in [-0.05, 0) is 92.2 Å². The van der Waals surface area contributed by atoms with Crippen LogP contribution in [0.1, 0.15) is 103 Å². The third-order valence-electron chi connectivity index (χ3n) is 12.9. The molecule has 64 heavy (non-hydrogen) atoms. The minimum absolute atomic E-state index is 0. The molecule has 0 atom stereocenters. The normalized spacial score (nSPS) is 13.5. The largest absolute Gasteiger partial charge is 0.509 e. The summed E-state index contributed by atoms with van der Waals surface area (Å²) in [7, 11) is 0. The van der Waals surface area contributed by atoms with E-state index in [4.69, 9.17) is 9.72 Å². The smallest absolute Gasteiger partial charge is 0.135 e. The van der Waals surface area contributed by atoms with Crippen molar-refractivity contribution in [2.45, 2.75) is 90.9 Å². The maximum atomic E-state index is 6.90. The van der Waals surface area contributed by atoms with E-state index >= 15 is 0 Å². The van der Waals surface area contributed by atoms with E-state index in [0.29, 0.717) is 11.5 Å². The van der Waals surface area contributed by atoms with E-state index in [2.05, 4.69) is 248 Å². The molecule has 5 nitrogen and oxygen atoms in total. The molecule has 328 valence electrons. The van der Waals surface area contributed by atoms with Crippen molar-refractivity contribution in [2.75, 3.05) is 9.80 Å². The predicted octanol–water partition coefficient (Wildman–Crippen LogP) is 14.7. The number of hydrogen-bond acceptors (Lipinski definition) is 4. The van der Waals surface area contributed by atoms with E-state index in [-0.39, 0.29) is 42.7 Å². The molecule has 9 rings (SSSR count). The average Bonchev–Trinajstić information content (AvgIpc) is 3.90. The molecule has 0 N–H and O–H groups in total. The SMILES string of the molecule is CC(C)(C)c1cccc(N2C=CN(c3[c-]c(Oc4[c-]c5c(cc4)c4cc(C(C)(C)C)ccc4n5-c4cc(C(C)(C)c5ccccc5)ccn4)cc(C(C)(C)c4ccccc4)c3)[CH-]2)c1.[Pt]. The second-order valence-electron chi connectivity index (χ2n) is 20.0. The number of fused-ring (bicyclic) bond motifs is 3. The van der Waals surface area contributed by atoms with Crippen molar-refractivity contribution in [1.29, 1.82) is 0 Å². The molecule has 8 aromatic rings. The van der Waals surface area contributed by atoms with Crippen LogP contribution in [0.5, 0.6) is 11.5 Å². The molecule has 0 radical (unpaired) electrons. The summed E-state index contributed by atoms with van der Waals surface area (Å²) < 4.78 is 9.14. The van der Waals surface area contributed by atoms with Crippen LogP contribution in [0.2, 0.25) is 0 Å². The number of rotatable bonds is 9. The number of anilines is 2. The summed E-state index contributed by atoms with van der Waals surface area (Å²) >= 11 is 0. The second kappa shape index (κ2) is 16.9. The Morgan fingerprint density at radius 1 is 0.500 bits per heavy atom. The first-order valence-electron chi connectivity index (χ1n) is 22.0. The molecule has 6 heteroatoms. The first-order chi connectivity index (χ1) is 30.0. The van der Waals surface area contributed by atoms with E-state index in [1.54, 1.807) is 0 Å². The number of pyridine rings is 1. The molecule has 0 bridgehead atoms. The van der Waals surface area contributed by atoms with Gasteiger partial charge >= 0.3 is 0 Å². The maximum absolute atomic E-state index is 6.90. The second-order valence-corrected chi connectivity index (χ2v) is 20.0. The van der Waals surface area contributed by atoms with Crippen molar-refractivity contribution in [3.63, 3.8) is 0 Å². The van der Waals surface area contributed by atoms with Crippen LogP contribution in [0, 0.1) is 18.8 Å². The maximum Gasteiger partial charge on any atom is 0.135 e. The molecule has 0 aliphatic carbocycles. The van der Waals surface area contributed by atoms with Crippen LogP contribution in [0.3, 0.4) is 0 Å². The van der Waals surface area contributed by atoms with Gasteiger partial charge in [-0.15, -0.1) is 53.6 Å². The first-order valence-corrected chi connectivity index (χ1v) is 22.0. The van der Waals surface area contributed by atoms with Gasteiger partial charge in [0.15, 0.2) is 0 Å². The molecule has 6 aromatic carbocycles. The number of benzene rings is 6. The number of ether oxygens (including phenoxy) is 1. The fourth-order valence-electron chi connectivity index (χ4n) is 8.65. The molecule has 0 fully saturated rings. The predicted molar refractivity (Wildman–Crippen MR) is 262 cm³/mol. The zero-order chi connectivity index (χ0) is 44.3. The minimum Gasteiger partial charge on any atom is -0.509 e. The Morgan fingerprint density at radius 3 is 1.80 bits per heavy atom. The van der Waals surface area contributed by atoms with Gasteiger partial charge in [0.25, 0.3) is 0 Å². The molecule has 0 saturated carbocycles. The van der Waals surface area contributed by atoms with Crippen LogP contribution in [0.25, 0.3) is 27.6 Å². The standard InChI is InChI=1S/C58H57N4O.Pt/c1-55(2,3)42-22-17-23-46(32-42)60-30-31-61(39-60)47-33-45(58(9,10)41-20-15-12-16-21-41)34-49(37-47)63-48-25-26-50-51-35-43(56(4,5)6)24-27-52(51)62(53(50)38-48)54-36-44(28-29-59-54)57(7,8)40-18-13-11-14-19-40;/h11-36,39H,1-10H3;/q-3;. The van der Waals surface area contributed by atoms with Gasteiger partial charge in [0.05, 0.1) is 0 Å². The van der Waals surface area contributed by atoms with E-state index in [1.165, 1.54) is 27.8 Å². The number of hydrogen-bond donors (Lipinski definition) is 0. The van der Waals surface area contributed by atoms with Gasteiger partial charge < -0.3 is 19.1 Å². The molecule has 1 aliphatic rings. The monoisotopic (exact) mass is 1020 g/mol. The van der Waals surface area contributed by atoms with E-state index in [9.17, 15) is 0 Å². The summed E-state index contributed by atoms with van der Waals surface area (Å²) in [6.07, 6.45) is 6.11. The van der Waals surface area contributed by atoms with Crippen molar-refractivity contribution in [3.05, 3.63) is 210 Å². The Kier molecular flexibility index (Phi) is 11.8. The van der Waals surface area contributed by atoms with Crippen LogP contribution in [0.15, 0.2) is 158 Å². The fourth-order valence-corrected chi connectivity index (χ4v) is 8.65. The van der Waals surface area contributed by atoms with Crippen LogP contribution in [-0.2, 0) is 42.7 Å². The molecular formula is C58H57N4OPt-3. The Hall–Kier alpha value is -5.90. The van der Waals surface area contributed by atoms with Gasteiger partial charge in [0.2, 0.25) is 0 Å². The van der Waals surface area contributed by atoms with E-state index in [1.807, 2.05) is 12.3 Å². The molecule has 0 unspecified atom stereocenters. The van der Waals surface area contributed by atoms with Crippen LogP contribution in [-0.4, -0.2) is 9.55 Å². The summed E-state index contributed by atoms with van der Waals surface area (Å²) in [5.74, 6) is 2.05. The summed E-state index contributed by atoms with van der Waals surface area (Å²) in [5.41, 5.74) is 10.7. The minimum atomic E-state index is -0.331. The van der Waals surface area contributed by atoms with Gasteiger partial charge in [-0.1, -0.05) is 160 Å². The molecule has 0 saturated heterocycles. The first kappa shape index (κ1) is 44.7. The summed E-state index contributed by atoms with van der Waals surface area (Å²) in [4.78, 5) is 9.30. The van der Waals surface area contributed by atoms with Crippen molar-refractivity contribution >= 4 is 33.2 Å². The Balaban J connectivity index is 0.00000560. The van der Waals surface area contributed by atoms with Gasteiger partial charge in [-0.2, -0.15) is 6.07 Å². The molecule has 0 amide bonds. The van der Waals surface area contributed by atoms with Crippen molar-refractivity contribution < 1.29 is 25.8 Å². The zero-order valence-electron chi connectivity index (χ0n) is 38.6. The van der Waals surface area contributed by atoms with Crippen LogP contribution in [0.4, 0.5) is 11.4 Å². The molecule has 0 spiro atoms. The fraction of sp³-hybridized carbons (Fsp3) is 0.241. The summed E-state index contributed by atoms with van der Waals surface area (Å²) in [6.45, 7) is 24.7. The number of aromatic nitrogens is 2. The van der Waals surface area contributed by atoms with Crippen molar-refractivity contribution in [2.24, 2.45) is 0 Å². The average molecular weight is 1020 g/mol. The van der Waals surface area contributed by atoms with Gasteiger partial charge in [0, 0.05) is 55.4 Å². The number of nitrogens with zero attached hydrogens (tertiary/aromatic N) is 4. The van der Waals surface area contributed by atoms with Crippen LogP contribution < -0.4 is 14.5 Å². The van der Waals surface area contributed by atoms with E-state index in [0.717, 1.165) is 44.6 Å². The van der Waals surface area contributed by atoms with Gasteiger partial charge in [-0.3, -0.25) is 0 Å². The van der Waals surface area contributed by atoms with Gasteiger partial charge in [0.1, 0.15) is 5.82 Å². The summed E-state index contributed by atoms with van der Waals surface area (Å²) in [5, 5.41) is 2.25. The third-order valence-corrected chi connectivity index (χ3v) is 12.9. The van der Waals surface area contributed by atoms with E-state index < -0.39 is 0 Å². The Labute approximate surface area is 394 Å². The quantitative estimate of drug-likeness (QED) is 0.135. The van der Waals surface area contributed by atoms with Crippen LogP contribution >= 0.6 is 0 Å². The molecular weight excluding hydrogens is 964 g/mol. The third kappa shape index (κ3) is 8.55. The van der Waals surface area contributed by atoms with Crippen molar-refractivity contribution in [1.82, 2.24) is 9.55 Å². The van der Waals surface area contributed by atoms with Crippen molar-refractivity contribution in [3.8, 4) is 17.3 Å². The molecule has 1 aliphatic heterocycles. The zero-order valence-corrected chi connectivity index (χ0v) is 40.9. The Morgan fingerprint density at radius 2 is 1.12 bits per heavy atom. The van der Waals surface area contributed by atoms with Gasteiger partial charge in [-0.25, -0.2) is 4.98 Å². The topological polar surface area (TPSA) is 33.5 Å².